The van der Waals surface area contributed by atoms with Gasteiger partial charge in [-0.2, -0.15) is 0 Å². The van der Waals surface area contributed by atoms with Gasteiger partial charge < -0.3 is 5.32 Å². The maximum atomic E-state index is 12.3. The van der Waals surface area contributed by atoms with Crippen molar-refractivity contribution in [2.45, 2.75) is 25.8 Å². The maximum absolute atomic E-state index is 12.3. The van der Waals surface area contributed by atoms with Gasteiger partial charge in [-0.3, -0.25) is 9.69 Å². The second-order valence-electron chi connectivity index (χ2n) is 6.73. The highest BCUT2D eigenvalue weighted by molar-refractivity contribution is 7.15. The average Bonchev–Trinajstić information content (AvgIpc) is 3.20. The van der Waals surface area contributed by atoms with Crippen LogP contribution < -0.4 is 5.32 Å². The summed E-state index contributed by atoms with van der Waals surface area (Å²) in [6.45, 7) is 3.77. The number of rotatable bonds is 3. The van der Waals surface area contributed by atoms with E-state index < -0.39 is 0 Å². The fourth-order valence-corrected chi connectivity index (χ4v) is 4.91. The van der Waals surface area contributed by atoms with Crippen LogP contribution in [-0.2, 0) is 11.3 Å². The summed E-state index contributed by atoms with van der Waals surface area (Å²) in [6.07, 6.45) is 3.18. The molecule has 3 nitrogen and oxygen atoms in total. The molecule has 0 bridgehead atoms. The summed E-state index contributed by atoms with van der Waals surface area (Å²) in [5.41, 5.74) is 1.17. The average molecular weight is 326 g/mol. The summed E-state index contributed by atoms with van der Waals surface area (Å²) in [7, 11) is 0. The molecule has 1 atom stereocenters. The monoisotopic (exact) mass is 326 g/mol. The number of nitrogens with zero attached hydrogens (tertiary/aromatic N) is 1. The summed E-state index contributed by atoms with van der Waals surface area (Å²) >= 11 is 1.87. The van der Waals surface area contributed by atoms with E-state index in [4.69, 9.17) is 0 Å². The Bertz CT molecular complexity index is 696. The number of benzene rings is 1. The summed E-state index contributed by atoms with van der Waals surface area (Å²) in [6, 6.07) is 15.0. The number of carbonyl (C=O) groups excluding carboxylic acids is 1. The lowest BCUT2D eigenvalue weighted by molar-refractivity contribution is -0.132. The van der Waals surface area contributed by atoms with E-state index in [1.54, 1.807) is 0 Å². The molecule has 4 heteroatoms. The molecule has 1 N–H and O–H groups in total. The Morgan fingerprint density at radius 2 is 2.00 bits per heavy atom. The van der Waals surface area contributed by atoms with E-state index in [1.807, 2.05) is 11.3 Å². The van der Waals surface area contributed by atoms with Crippen molar-refractivity contribution in [3.05, 3.63) is 47.3 Å². The molecule has 0 saturated carbocycles. The summed E-state index contributed by atoms with van der Waals surface area (Å²) < 4.78 is 0. The van der Waals surface area contributed by atoms with E-state index in [2.05, 4.69) is 52.7 Å². The topological polar surface area (TPSA) is 32.3 Å². The Morgan fingerprint density at radius 3 is 2.83 bits per heavy atom. The number of piperidine rings is 1. The highest BCUT2D eigenvalue weighted by Gasteiger charge is 2.45. The van der Waals surface area contributed by atoms with Crippen molar-refractivity contribution in [2.24, 2.45) is 5.41 Å². The molecule has 2 aliphatic rings. The fourth-order valence-electron chi connectivity index (χ4n) is 3.85. The van der Waals surface area contributed by atoms with Gasteiger partial charge in [-0.15, -0.1) is 11.3 Å². The van der Waals surface area contributed by atoms with Gasteiger partial charge in [0.25, 0.3) is 0 Å². The van der Waals surface area contributed by atoms with Crippen LogP contribution in [-0.4, -0.2) is 30.4 Å². The number of hydrogen-bond donors (Lipinski definition) is 1. The van der Waals surface area contributed by atoms with Gasteiger partial charge in [-0.25, -0.2) is 0 Å². The Labute approximate surface area is 141 Å². The van der Waals surface area contributed by atoms with Gasteiger partial charge in [0.2, 0.25) is 5.91 Å². The Balaban J connectivity index is 1.44. The number of hydrogen-bond acceptors (Lipinski definition) is 3. The van der Waals surface area contributed by atoms with Gasteiger partial charge in [0.05, 0.1) is 5.41 Å². The van der Waals surface area contributed by atoms with Gasteiger partial charge in [0, 0.05) is 29.4 Å². The Morgan fingerprint density at radius 1 is 1.13 bits per heavy atom. The molecule has 1 amide bonds. The van der Waals surface area contributed by atoms with E-state index in [9.17, 15) is 4.79 Å². The van der Waals surface area contributed by atoms with E-state index in [0.717, 1.165) is 45.4 Å². The highest BCUT2D eigenvalue weighted by Crippen LogP contribution is 2.38. The van der Waals surface area contributed by atoms with E-state index >= 15 is 0 Å². The first-order valence-electron chi connectivity index (χ1n) is 8.40. The molecular formula is C19H22N2OS. The van der Waals surface area contributed by atoms with E-state index in [1.165, 1.54) is 15.3 Å². The largest absolute Gasteiger partial charge is 0.356 e. The summed E-state index contributed by atoms with van der Waals surface area (Å²) in [5, 5.41) is 3.06. The SMILES string of the molecule is O=C1NCCC[C@]12CCN(Cc1ccc(-c3ccccc3)s1)C2. The van der Waals surface area contributed by atoms with Crippen LogP contribution in [0.4, 0.5) is 0 Å². The normalized spacial score (nSPS) is 25.0. The molecule has 1 spiro atoms. The molecule has 3 heterocycles. The molecule has 2 saturated heterocycles. The number of likely N-dealkylation sites (tertiary alicyclic amines) is 1. The van der Waals surface area contributed by atoms with Crippen molar-refractivity contribution in [1.29, 1.82) is 0 Å². The Kier molecular flexibility index (Phi) is 3.95. The van der Waals surface area contributed by atoms with Crippen LogP contribution >= 0.6 is 11.3 Å². The third-order valence-corrected chi connectivity index (χ3v) is 6.25. The summed E-state index contributed by atoms with van der Waals surface area (Å²) in [5.74, 6) is 0.280. The van der Waals surface area contributed by atoms with Crippen molar-refractivity contribution in [3.63, 3.8) is 0 Å². The molecule has 120 valence electrons. The third kappa shape index (κ3) is 2.93. The predicted molar refractivity (Wildman–Crippen MR) is 94.3 cm³/mol. The summed E-state index contributed by atoms with van der Waals surface area (Å²) in [4.78, 5) is 17.4. The second-order valence-corrected chi connectivity index (χ2v) is 7.90. The van der Waals surface area contributed by atoms with Crippen LogP contribution in [0.1, 0.15) is 24.1 Å². The van der Waals surface area contributed by atoms with Crippen LogP contribution in [0.25, 0.3) is 10.4 Å². The first-order chi connectivity index (χ1) is 11.3. The van der Waals surface area contributed by atoms with Gasteiger partial charge >= 0.3 is 0 Å². The fraction of sp³-hybridized carbons (Fsp3) is 0.421. The number of thiophene rings is 1. The maximum Gasteiger partial charge on any atom is 0.227 e. The van der Waals surface area contributed by atoms with Gasteiger partial charge in [0.1, 0.15) is 0 Å². The minimum atomic E-state index is -0.113. The van der Waals surface area contributed by atoms with Crippen LogP contribution in [0.5, 0.6) is 0 Å². The minimum absolute atomic E-state index is 0.113. The van der Waals surface area contributed by atoms with E-state index in [0.29, 0.717) is 0 Å². The molecule has 1 aromatic heterocycles. The van der Waals surface area contributed by atoms with Crippen molar-refractivity contribution in [1.82, 2.24) is 10.2 Å². The minimum Gasteiger partial charge on any atom is -0.356 e. The smallest absolute Gasteiger partial charge is 0.227 e. The van der Waals surface area contributed by atoms with Gasteiger partial charge in [-0.05, 0) is 43.5 Å². The molecule has 0 aliphatic carbocycles. The van der Waals surface area contributed by atoms with Crippen molar-refractivity contribution >= 4 is 17.2 Å². The van der Waals surface area contributed by atoms with E-state index in [-0.39, 0.29) is 11.3 Å². The van der Waals surface area contributed by atoms with Gasteiger partial charge in [0.15, 0.2) is 0 Å². The molecule has 2 fully saturated rings. The van der Waals surface area contributed by atoms with Gasteiger partial charge in [-0.1, -0.05) is 30.3 Å². The van der Waals surface area contributed by atoms with Crippen LogP contribution in [0, 0.1) is 5.41 Å². The molecular weight excluding hydrogens is 304 g/mol. The zero-order valence-corrected chi connectivity index (χ0v) is 14.1. The van der Waals surface area contributed by atoms with Crippen molar-refractivity contribution in [2.75, 3.05) is 19.6 Å². The zero-order chi connectivity index (χ0) is 15.7. The van der Waals surface area contributed by atoms with Crippen LogP contribution in [0.2, 0.25) is 0 Å². The lowest BCUT2D eigenvalue weighted by Gasteiger charge is -2.32. The van der Waals surface area contributed by atoms with Crippen molar-refractivity contribution < 1.29 is 4.79 Å². The third-order valence-electron chi connectivity index (χ3n) is 5.13. The first-order valence-corrected chi connectivity index (χ1v) is 9.22. The quantitative estimate of drug-likeness (QED) is 0.936. The zero-order valence-electron chi connectivity index (χ0n) is 13.3. The predicted octanol–water partition coefficient (Wildman–Crippen LogP) is 3.52. The van der Waals surface area contributed by atoms with Crippen molar-refractivity contribution in [3.8, 4) is 10.4 Å². The standard InChI is InChI=1S/C19H22N2OS/c22-18-19(9-4-11-20-18)10-12-21(14-19)13-16-7-8-17(23-16)15-5-2-1-3-6-15/h1-3,5-8H,4,9-14H2,(H,20,22)/t19-/m1/s1. The molecule has 1 aromatic carbocycles. The first kappa shape index (κ1) is 14.9. The molecule has 23 heavy (non-hydrogen) atoms. The molecule has 4 rings (SSSR count). The lowest BCUT2D eigenvalue weighted by Crippen LogP contribution is -2.47. The number of nitrogens with one attached hydrogen (secondary N) is 1. The number of carbonyl (C=O) groups is 1. The second kappa shape index (κ2) is 6.10. The molecule has 0 unspecified atom stereocenters. The van der Waals surface area contributed by atoms with Crippen LogP contribution in [0.3, 0.4) is 0 Å². The molecule has 2 aliphatic heterocycles. The highest BCUT2D eigenvalue weighted by atomic mass is 32.1. The molecule has 2 aromatic rings. The molecule has 0 radical (unpaired) electrons. The van der Waals surface area contributed by atoms with Crippen LogP contribution in [0.15, 0.2) is 42.5 Å². The number of amides is 1. The Hall–Kier alpha value is -1.65. The lowest BCUT2D eigenvalue weighted by atomic mass is 9.79.